The van der Waals surface area contributed by atoms with Crippen LogP contribution in [0.1, 0.15) is 59.4 Å². The third-order valence-corrected chi connectivity index (χ3v) is 5.50. The van der Waals surface area contributed by atoms with Gasteiger partial charge in [0.05, 0.1) is 10.7 Å². The Bertz CT molecular complexity index is 583. The van der Waals surface area contributed by atoms with Crippen molar-refractivity contribution in [2.45, 2.75) is 58.4 Å². The number of hydrogen-bond donors (Lipinski definition) is 2. The summed E-state index contributed by atoms with van der Waals surface area (Å²) < 4.78 is 0. The molecule has 0 spiro atoms. The lowest BCUT2D eigenvalue weighted by atomic mass is 10.0. The van der Waals surface area contributed by atoms with E-state index in [1.165, 1.54) is 11.3 Å². The normalized spacial score (nSPS) is 16.4. The van der Waals surface area contributed by atoms with Crippen LogP contribution in [0.3, 0.4) is 0 Å². The van der Waals surface area contributed by atoms with Crippen LogP contribution < -0.4 is 11.1 Å². The van der Waals surface area contributed by atoms with E-state index in [4.69, 9.17) is 5.73 Å². The van der Waals surface area contributed by atoms with Crippen LogP contribution >= 0.6 is 36.2 Å². The maximum Gasteiger partial charge on any atom is 0.266 e. The van der Waals surface area contributed by atoms with E-state index in [2.05, 4.69) is 17.2 Å². The third kappa shape index (κ3) is 6.68. The summed E-state index contributed by atoms with van der Waals surface area (Å²) in [7, 11) is 0. The topological polar surface area (TPSA) is 88.3 Å². The zero-order valence-corrected chi connectivity index (χ0v) is 17.9. The van der Waals surface area contributed by atoms with Gasteiger partial charge in [-0.2, -0.15) is 0 Å². The maximum atomic E-state index is 13.0. The van der Waals surface area contributed by atoms with Crippen LogP contribution in [0.5, 0.6) is 0 Å². The fraction of sp³-hybridized carbons (Fsp3) is 0.706. The number of halogens is 2. The van der Waals surface area contributed by atoms with E-state index >= 15 is 0 Å². The summed E-state index contributed by atoms with van der Waals surface area (Å²) in [5.74, 6) is 0.0137. The van der Waals surface area contributed by atoms with Crippen LogP contribution in [0.25, 0.3) is 0 Å². The molecule has 0 saturated carbocycles. The second-order valence-corrected chi connectivity index (χ2v) is 7.35. The van der Waals surface area contributed by atoms with Gasteiger partial charge in [-0.15, -0.1) is 36.2 Å². The molecule has 150 valence electrons. The fourth-order valence-electron chi connectivity index (χ4n) is 3.03. The van der Waals surface area contributed by atoms with Crippen LogP contribution in [-0.2, 0) is 11.2 Å². The van der Waals surface area contributed by atoms with Crippen LogP contribution in [0.4, 0.5) is 0 Å². The molecule has 1 atom stereocenters. The SMILES string of the molecule is CCCc1nc(C)c(C(=O)N2CCCCC2CNC(=O)CCN)s1.Cl.Cl. The first-order chi connectivity index (χ1) is 11.6. The molecule has 9 heteroatoms. The average molecular weight is 425 g/mol. The number of piperidine rings is 1. The molecule has 3 N–H and O–H groups in total. The Morgan fingerprint density at radius 3 is 2.73 bits per heavy atom. The molecule has 0 bridgehead atoms. The van der Waals surface area contributed by atoms with Gasteiger partial charge in [-0.1, -0.05) is 6.92 Å². The molecule has 26 heavy (non-hydrogen) atoms. The molecule has 2 amide bonds. The Morgan fingerprint density at radius 1 is 1.35 bits per heavy atom. The van der Waals surface area contributed by atoms with Crippen LogP contribution in [-0.4, -0.2) is 47.4 Å². The lowest BCUT2D eigenvalue weighted by Crippen LogP contribution is -2.49. The number of thiazole rings is 1. The standard InChI is InChI=1S/C17H28N4O2S.2ClH/c1-3-6-15-20-12(2)16(24-15)17(23)21-10-5-4-7-13(21)11-19-14(22)8-9-18;;/h13H,3-11,18H2,1-2H3,(H,19,22);2*1H. The van der Waals surface area contributed by atoms with Gasteiger partial charge >= 0.3 is 0 Å². The highest BCUT2D eigenvalue weighted by Gasteiger charge is 2.30. The summed E-state index contributed by atoms with van der Waals surface area (Å²) >= 11 is 1.51. The Labute approximate surface area is 172 Å². The molecule has 1 aliphatic heterocycles. The number of nitrogens with two attached hydrogens (primary N) is 1. The fourth-order valence-corrected chi connectivity index (χ4v) is 4.16. The zero-order chi connectivity index (χ0) is 17.5. The van der Waals surface area contributed by atoms with Crippen LogP contribution in [0.15, 0.2) is 0 Å². The highest BCUT2D eigenvalue weighted by molar-refractivity contribution is 7.13. The minimum absolute atomic E-state index is 0. The molecule has 0 aromatic carbocycles. The molecule has 0 radical (unpaired) electrons. The van der Waals surface area contributed by atoms with E-state index in [-0.39, 0.29) is 42.7 Å². The molecule has 1 aromatic heterocycles. The van der Waals surface area contributed by atoms with Gasteiger partial charge in [0, 0.05) is 32.1 Å². The number of hydrogen-bond acceptors (Lipinski definition) is 5. The van der Waals surface area contributed by atoms with E-state index < -0.39 is 0 Å². The first kappa shape index (κ1) is 25.1. The largest absolute Gasteiger partial charge is 0.354 e. The van der Waals surface area contributed by atoms with Crippen molar-refractivity contribution in [1.82, 2.24) is 15.2 Å². The molecule has 1 aromatic rings. The molecule has 0 aliphatic carbocycles. The number of rotatable bonds is 7. The van der Waals surface area contributed by atoms with Gasteiger partial charge in [-0.25, -0.2) is 4.98 Å². The van der Waals surface area contributed by atoms with Gasteiger partial charge in [0.25, 0.3) is 5.91 Å². The van der Waals surface area contributed by atoms with Crippen molar-refractivity contribution in [2.24, 2.45) is 5.73 Å². The Balaban J connectivity index is 0.00000312. The number of likely N-dealkylation sites (tertiary alicyclic amines) is 1. The Morgan fingerprint density at radius 2 is 2.08 bits per heavy atom. The lowest BCUT2D eigenvalue weighted by molar-refractivity contribution is -0.121. The average Bonchev–Trinajstić information content (AvgIpc) is 2.94. The monoisotopic (exact) mass is 424 g/mol. The van der Waals surface area contributed by atoms with Crippen LogP contribution in [0, 0.1) is 6.92 Å². The van der Waals surface area contributed by atoms with Gasteiger partial charge in [0.2, 0.25) is 5.91 Å². The maximum absolute atomic E-state index is 13.0. The smallest absolute Gasteiger partial charge is 0.266 e. The van der Waals surface area contributed by atoms with Crippen molar-refractivity contribution in [2.75, 3.05) is 19.6 Å². The highest BCUT2D eigenvalue weighted by Crippen LogP contribution is 2.25. The van der Waals surface area contributed by atoms with Gasteiger partial charge < -0.3 is 16.0 Å². The molecule has 2 heterocycles. The minimum Gasteiger partial charge on any atom is -0.354 e. The van der Waals surface area contributed by atoms with Crippen molar-refractivity contribution in [3.63, 3.8) is 0 Å². The molecule has 1 fully saturated rings. The lowest BCUT2D eigenvalue weighted by Gasteiger charge is -2.35. The van der Waals surface area contributed by atoms with Gasteiger partial charge in [0.1, 0.15) is 4.88 Å². The van der Waals surface area contributed by atoms with E-state index in [1.807, 2.05) is 11.8 Å². The summed E-state index contributed by atoms with van der Waals surface area (Å²) in [6, 6.07) is 0.0594. The number of nitrogens with one attached hydrogen (secondary N) is 1. The van der Waals surface area contributed by atoms with Crippen molar-refractivity contribution >= 4 is 48.0 Å². The minimum atomic E-state index is -0.0466. The highest BCUT2D eigenvalue weighted by atomic mass is 35.5. The number of nitrogens with zero attached hydrogens (tertiary/aromatic N) is 2. The molecule has 6 nitrogen and oxygen atoms in total. The molecule has 2 rings (SSSR count). The molecule has 1 saturated heterocycles. The van der Waals surface area contributed by atoms with Gasteiger partial charge in [0.15, 0.2) is 0 Å². The number of aromatic nitrogens is 1. The van der Waals surface area contributed by atoms with Gasteiger partial charge in [-0.3, -0.25) is 9.59 Å². The van der Waals surface area contributed by atoms with Gasteiger partial charge in [-0.05, 0) is 39.0 Å². The van der Waals surface area contributed by atoms with E-state index in [1.54, 1.807) is 0 Å². The summed E-state index contributed by atoms with van der Waals surface area (Å²) in [6.07, 6.45) is 5.30. The quantitative estimate of drug-likeness (QED) is 0.703. The first-order valence-corrected chi connectivity index (χ1v) is 9.62. The predicted molar refractivity (Wildman–Crippen MR) is 111 cm³/mol. The summed E-state index contributed by atoms with van der Waals surface area (Å²) in [4.78, 5) is 31.8. The van der Waals surface area contributed by atoms with Crippen molar-refractivity contribution in [1.29, 1.82) is 0 Å². The molecule has 1 aliphatic rings. The zero-order valence-electron chi connectivity index (χ0n) is 15.5. The Hall–Kier alpha value is -0.890. The van der Waals surface area contributed by atoms with E-state index in [0.717, 1.165) is 54.2 Å². The van der Waals surface area contributed by atoms with Crippen molar-refractivity contribution in [3.05, 3.63) is 15.6 Å². The van der Waals surface area contributed by atoms with Crippen molar-refractivity contribution < 1.29 is 9.59 Å². The molecular weight excluding hydrogens is 395 g/mol. The molecule has 1 unspecified atom stereocenters. The Kier molecular flexibility index (Phi) is 12.1. The number of carbonyl (C=O) groups is 2. The van der Waals surface area contributed by atoms with E-state index in [0.29, 0.717) is 19.5 Å². The van der Waals surface area contributed by atoms with Crippen molar-refractivity contribution in [3.8, 4) is 0 Å². The van der Waals surface area contributed by atoms with E-state index in [9.17, 15) is 9.59 Å². The summed E-state index contributed by atoms with van der Waals surface area (Å²) in [5.41, 5.74) is 6.23. The summed E-state index contributed by atoms with van der Waals surface area (Å²) in [5, 5.41) is 3.94. The second-order valence-electron chi connectivity index (χ2n) is 6.26. The number of amides is 2. The second kappa shape index (κ2) is 12.5. The first-order valence-electron chi connectivity index (χ1n) is 8.80. The van der Waals surface area contributed by atoms with Crippen LogP contribution in [0.2, 0.25) is 0 Å². The number of aryl methyl sites for hydroxylation is 2. The molecular formula is C17H30Cl2N4O2S. The third-order valence-electron chi connectivity index (χ3n) is 4.29. The summed E-state index contributed by atoms with van der Waals surface area (Å²) in [6.45, 7) is 5.62. The number of carbonyl (C=O) groups excluding carboxylic acids is 2. The predicted octanol–water partition coefficient (Wildman–Crippen LogP) is 2.71.